The lowest BCUT2D eigenvalue weighted by Crippen LogP contribution is -1.95. The Morgan fingerprint density at radius 1 is 1.38 bits per heavy atom. The van der Waals surface area contributed by atoms with Crippen LogP contribution >= 0.6 is 0 Å². The molecule has 42 valence electrons. The summed E-state index contributed by atoms with van der Waals surface area (Å²) in [5, 5.41) is 0. The van der Waals surface area contributed by atoms with Gasteiger partial charge in [-0.2, -0.15) is 0 Å². The number of rotatable bonds is 0. The molecular formula is C8H11+. The van der Waals surface area contributed by atoms with Gasteiger partial charge in [-0.3, -0.25) is 0 Å². The Morgan fingerprint density at radius 2 is 2.12 bits per heavy atom. The zero-order valence-electron chi connectivity index (χ0n) is 5.11. The van der Waals surface area contributed by atoms with Crippen LogP contribution in [0.15, 0.2) is 24.3 Å². The van der Waals surface area contributed by atoms with E-state index >= 15 is 0 Å². The van der Waals surface area contributed by atoms with Gasteiger partial charge in [0.05, 0.1) is 0 Å². The van der Waals surface area contributed by atoms with Crippen LogP contribution in [0.3, 0.4) is 0 Å². The Labute approximate surface area is 50.9 Å². The average molecular weight is 107 g/mol. The molecule has 0 aromatic rings. The molecule has 0 radical (unpaired) electrons. The van der Waals surface area contributed by atoms with E-state index in [-0.39, 0.29) is 0 Å². The first-order chi connectivity index (χ1) is 3.79. The van der Waals surface area contributed by atoms with E-state index in [1.807, 2.05) is 0 Å². The molecule has 0 amide bonds. The Bertz CT molecular complexity index is 106. The van der Waals surface area contributed by atoms with Gasteiger partial charge in [-0.1, -0.05) is 12.2 Å². The van der Waals surface area contributed by atoms with Crippen molar-refractivity contribution in [2.24, 2.45) is 0 Å². The fourth-order valence-corrected chi connectivity index (χ4v) is 0.962. The van der Waals surface area contributed by atoms with Crippen molar-refractivity contribution in [3.63, 3.8) is 0 Å². The minimum absolute atomic E-state index is 1.03. The minimum Gasteiger partial charge on any atom is -0.0993 e. The van der Waals surface area contributed by atoms with Crippen molar-refractivity contribution in [2.45, 2.75) is 19.3 Å². The molecule has 0 heteroatoms. The Hall–Kier alpha value is -0.650. The summed E-state index contributed by atoms with van der Waals surface area (Å²) in [5.74, 6) is 0. The summed E-state index contributed by atoms with van der Waals surface area (Å²) in [5.41, 5.74) is 2.57. The molecule has 0 unspecified atom stereocenters. The standard InChI is InChI=1S/C8H11/c1-7-4-3-5-8(2)6-7/h4H,1-3,5-6H2/q+1. The zero-order chi connectivity index (χ0) is 5.98. The third-order valence-electron chi connectivity index (χ3n) is 1.41. The highest BCUT2D eigenvalue weighted by Gasteiger charge is 2.11. The van der Waals surface area contributed by atoms with Crippen LogP contribution in [0.4, 0.5) is 0 Å². The topological polar surface area (TPSA) is 0 Å². The quantitative estimate of drug-likeness (QED) is 0.329. The molecule has 0 aliphatic heterocycles. The van der Waals surface area contributed by atoms with E-state index in [2.05, 4.69) is 19.6 Å². The van der Waals surface area contributed by atoms with E-state index in [1.165, 1.54) is 17.6 Å². The number of allylic oxidation sites excluding steroid dienone is 2. The summed E-state index contributed by atoms with van der Waals surface area (Å²) in [6.45, 7) is 7.73. The van der Waals surface area contributed by atoms with Crippen molar-refractivity contribution >= 4 is 0 Å². The van der Waals surface area contributed by atoms with Crippen LogP contribution in [-0.4, -0.2) is 0 Å². The lowest BCUT2D eigenvalue weighted by molar-refractivity contribution is 0.830. The molecule has 1 saturated carbocycles. The normalized spacial score (nSPS) is 20.5. The molecule has 0 aromatic carbocycles. The van der Waals surface area contributed by atoms with Gasteiger partial charge in [0.25, 0.3) is 0 Å². The predicted molar refractivity (Wildman–Crippen MR) is 36.4 cm³/mol. The van der Waals surface area contributed by atoms with E-state index in [0.717, 1.165) is 12.8 Å². The molecule has 1 aliphatic rings. The van der Waals surface area contributed by atoms with Gasteiger partial charge in [0.1, 0.15) is 5.57 Å². The van der Waals surface area contributed by atoms with Crippen molar-refractivity contribution in [1.29, 1.82) is 0 Å². The first kappa shape index (κ1) is 5.49. The summed E-state index contributed by atoms with van der Waals surface area (Å²) in [4.78, 5) is 0. The van der Waals surface area contributed by atoms with E-state index in [1.54, 1.807) is 0 Å². The molecule has 0 heterocycles. The average Bonchev–Trinajstić information content (AvgIpc) is 1.64. The molecule has 0 nitrogen and oxygen atoms in total. The second-order valence-electron chi connectivity index (χ2n) is 2.33. The minimum atomic E-state index is 1.03. The maximum Gasteiger partial charge on any atom is 0.103 e. The van der Waals surface area contributed by atoms with Crippen molar-refractivity contribution in [2.75, 3.05) is 0 Å². The van der Waals surface area contributed by atoms with Gasteiger partial charge in [-0.15, -0.1) is 0 Å². The maximum absolute atomic E-state index is 3.88. The van der Waals surface area contributed by atoms with E-state index in [4.69, 9.17) is 0 Å². The summed E-state index contributed by atoms with van der Waals surface area (Å²) in [6.07, 6.45) is 5.53. The summed E-state index contributed by atoms with van der Waals surface area (Å²) in [6, 6.07) is 0. The lowest BCUT2D eigenvalue weighted by Gasteiger charge is -2.07. The van der Waals surface area contributed by atoms with Gasteiger partial charge in [-0.25, -0.2) is 0 Å². The zero-order valence-corrected chi connectivity index (χ0v) is 5.11. The first-order valence-corrected chi connectivity index (χ1v) is 2.96. The largest absolute Gasteiger partial charge is 0.103 e. The molecule has 0 atom stereocenters. The predicted octanol–water partition coefficient (Wildman–Crippen LogP) is 2.49. The van der Waals surface area contributed by atoms with Crippen LogP contribution in [0.25, 0.3) is 0 Å². The molecule has 0 bridgehead atoms. The van der Waals surface area contributed by atoms with Gasteiger partial charge >= 0.3 is 0 Å². The van der Waals surface area contributed by atoms with Crippen molar-refractivity contribution < 1.29 is 0 Å². The molecule has 1 fully saturated rings. The van der Waals surface area contributed by atoms with Crippen molar-refractivity contribution in [1.82, 2.24) is 0 Å². The molecule has 8 heavy (non-hydrogen) atoms. The molecule has 1 aliphatic carbocycles. The Balaban J connectivity index is 2.45. The molecule has 0 saturated heterocycles. The van der Waals surface area contributed by atoms with Gasteiger partial charge in [0, 0.05) is 25.8 Å². The second-order valence-corrected chi connectivity index (χ2v) is 2.33. The number of hydrogen-bond donors (Lipinski definition) is 0. The van der Waals surface area contributed by atoms with Gasteiger partial charge < -0.3 is 0 Å². The summed E-state index contributed by atoms with van der Waals surface area (Å²) in [7, 11) is 0. The van der Waals surface area contributed by atoms with E-state index in [0.29, 0.717) is 0 Å². The smallest absolute Gasteiger partial charge is 0.0993 e. The third-order valence-corrected chi connectivity index (χ3v) is 1.41. The Kier molecular flexibility index (Phi) is 1.43. The fraction of sp³-hybridized carbons (Fsp3) is 0.375. The highest BCUT2D eigenvalue weighted by atomic mass is 14.1. The van der Waals surface area contributed by atoms with Crippen molar-refractivity contribution in [3.05, 3.63) is 30.7 Å². The van der Waals surface area contributed by atoms with Crippen LogP contribution in [0.5, 0.6) is 0 Å². The second kappa shape index (κ2) is 2.08. The van der Waals surface area contributed by atoms with Crippen LogP contribution in [0, 0.1) is 6.42 Å². The SMILES string of the molecule is C=C1[CH+]CCC(=C)C1. The molecule has 0 aromatic heterocycles. The lowest BCUT2D eigenvalue weighted by atomic mass is 9.93. The molecule has 0 spiro atoms. The Morgan fingerprint density at radius 3 is 2.50 bits per heavy atom. The molecule has 0 N–H and O–H groups in total. The maximum atomic E-state index is 3.88. The van der Waals surface area contributed by atoms with Crippen LogP contribution in [-0.2, 0) is 0 Å². The molecule has 1 rings (SSSR count). The van der Waals surface area contributed by atoms with Crippen LogP contribution in [0.1, 0.15) is 19.3 Å². The van der Waals surface area contributed by atoms with E-state index < -0.39 is 0 Å². The van der Waals surface area contributed by atoms with Gasteiger partial charge in [0.2, 0.25) is 0 Å². The highest BCUT2D eigenvalue weighted by Crippen LogP contribution is 2.23. The fourth-order valence-electron chi connectivity index (χ4n) is 0.962. The first-order valence-electron chi connectivity index (χ1n) is 2.96. The van der Waals surface area contributed by atoms with Crippen LogP contribution < -0.4 is 0 Å². The van der Waals surface area contributed by atoms with Crippen molar-refractivity contribution in [3.8, 4) is 0 Å². The number of hydrogen-bond acceptors (Lipinski definition) is 0. The monoisotopic (exact) mass is 107 g/mol. The summed E-state index contributed by atoms with van der Waals surface area (Å²) < 4.78 is 0. The third kappa shape index (κ3) is 1.16. The summed E-state index contributed by atoms with van der Waals surface area (Å²) >= 11 is 0. The van der Waals surface area contributed by atoms with E-state index in [9.17, 15) is 0 Å². The van der Waals surface area contributed by atoms with Gasteiger partial charge in [0.15, 0.2) is 0 Å². The molecular weight excluding hydrogens is 96.1 g/mol. The highest BCUT2D eigenvalue weighted by molar-refractivity contribution is 5.21. The van der Waals surface area contributed by atoms with Gasteiger partial charge in [-0.05, 0) is 6.42 Å². The van der Waals surface area contributed by atoms with Crippen LogP contribution in [0.2, 0.25) is 0 Å².